The highest BCUT2D eigenvalue weighted by Crippen LogP contribution is 2.73. The molecule has 130 valence electrons. The maximum atomic E-state index is 13.3. The van der Waals surface area contributed by atoms with Gasteiger partial charge in [-0.15, -0.1) is 0 Å². The first kappa shape index (κ1) is 16.3. The molecule has 2 aromatic rings. The van der Waals surface area contributed by atoms with Crippen LogP contribution in [0.3, 0.4) is 0 Å². The van der Waals surface area contributed by atoms with Crippen molar-refractivity contribution in [2.24, 2.45) is 11.3 Å². The van der Waals surface area contributed by atoms with Gasteiger partial charge in [0.25, 0.3) is 10.0 Å². The van der Waals surface area contributed by atoms with Gasteiger partial charge in [-0.3, -0.25) is 4.79 Å². The number of sulfonamides is 1. The third-order valence-corrected chi connectivity index (χ3v) is 7.84. The number of aryl methyl sites for hydroxylation is 1. The molecule has 1 heterocycles. The average Bonchev–Trinajstić information content (AvgIpc) is 2.89. The number of hydrogen-bond donors (Lipinski definition) is 0. The Morgan fingerprint density at radius 3 is 2.20 bits per heavy atom. The standard InChI is InChI=1S/C20H21NO3S/c1-14-9-11-16(12-10-14)25(23,24)21-13-17-19(2,3)20(17,18(21)22)15-7-5-4-6-8-15/h4-12,17H,13H2,1-3H3. The molecule has 0 radical (unpaired) electrons. The minimum absolute atomic E-state index is 0.00937. The van der Waals surface area contributed by atoms with Crippen LogP contribution in [0.5, 0.6) is 0 Å². The molecule has 0 aromatic heterocycles. The van der Waals surface area contributed by atoms with Crippen molar-refractivity contribution < 1.29 is 13.2 Å². The molecule has 1 aliphatic carbocycles. The first-order valence-electron chi connectivity index (χ1n) is 8.43. The number of carbonyl (C=O) groups excluding carboxylic acids is 1. The molecule has 4 nitrogen and oxygen atoms in total. The Kier molecular flexibility index (Phi) is 3.23. The Bertz CT molecular complexity index is 948. The number of nitrogens with zero attached hydrogens (tertiary/aromatic N) is 1. The highest BCUT2D eigenvalue weighted by Gasteiger charge is 2.81. The van der Waals surface area contributed by atoms with Gasteiger partial charge in [-0.2, -0.15) is 0 Å². The first-order valence-corrected chi connectivity index (χ1v) is 9.87. The first-order chi connectivity index (χ1) is 11.7. The zero-order chi connectivity index (χ0) is 18.0. The van der Waals surface area contributed by atoms with Gasteiger partial charge in [0.15, 0.2) is 0 Å². The molecular formula is C20H21NO3S. The molecule has 1 amide bonds. The average molecular weight is 355 g/mol. The van der Waals surface area contributed by atoms with Crippen molar-refractivity contribution in [3.05, 3.63) is 65.7 Å². The number of benzene rings is 2. The molecular weight excluding hydrogens is 334 g/mol. The zero-order valence-electron chi connectivity index (χ0n) is 14.6. The van der Waals surface area contributed by atoms with Crippen LogP contribution in [-0.2, 0) is 20.2 Å². The summed E-state index contributed by atoms with van der Waals surface area (Å²) in [6.45, 7) is 6.26. The van der Waals surface area contributed by atoms with Crippen LogP contribution in [0.1, 0.15) is 25.0 Å². The monoisotopic (exact) mass is 355 g/mol. The molecule has 5 heteroatoms. The summed E-state index contributed by atoms with van der Waals surface area (Å²) in [7, 11) is -3.82. The van der Waals surface area contributed by atoms with Crippen molar-refractivity contribution in [1.29, 1.82) is 0 Å². The maximum Gasteiger partial charge on any atom is 0.266 e. The molecule has 25 heavy (non-hydrogen) atoms. The number of piperidine rings is 1. The molecule has 2 unspecified atom stereocenters. The topological polar surface area (TPSA) is 54.5 Å². The lowest BCUT2D eigenvalue weighted by atomic mass is 9.87. The third-order valence-electron chi connectivity index (χ3n) is 6.08. The quantitative estimate of drug-likeness (QED) is 0.850. The van der Waals surface area contributed by atoms with Gasteiger partial charge in [-0.25, -0.2) is 12.7 Å². The molecule has 0 N–H and O–H groups in total. The number of amides is 1. The van der Waals surface area contributed by atoms with E-state index >= 15 is 0 Å². The van der Waals surface area contributed by atoms with Crippen LogP contribution in [0.25, 0.3) is 0 Å². The van der Waals surface area contributed by atoms with E-state index in [-0.39, 0.29) is 28.7 Å². The summed E-state index contributed by atoms with van der Waals surface area (Å²) < 4.78 is 27.1. The highest BCUT2D eigenvalue weighted by molar-refractivity contribution is 7.89. The van der Waals surface area contributed by atoms with E-state index in [2.05, 4.69) is 13.8 Å². The Labute approximate surface area is 148 Å². The van der Waals surface area contributed by atoms with Crippen molar-refractivity contribution >= 4 is 15.9 Å². The van der Waals surface area contributed by atoms with E-state index in [1.54, 1.807) is 24.3 Å². The molecule has 2 fully saturated rings. The lowest BCUT2D eigenvalue weighted by Crippen LogP contribution is -2.41. The fourth-order valence-electron chi connectivity index (χ4n) is 4.55. The van der Waals surface area contributed by atoms with Crippen molar-refractivity contribution in [2.45, 2.75) is 31.1 Å². The van der Waals surface area contributed by atoms with Gasteiger partial charge >= 0.3 is 0 Å². The van der Waals surface area contributed by atoms with E-state index < -0.39 is 15.4 Å². The highest BCUT2D eigenvalue weighted by atomic mass is 32.2. The lowest BCUT2D eigenvalue weighted by Gasteiger charge is -2.26. The van der Waals surface area contributed by atoms with Gasteiger partial charge in [0.1, 0.15) is 0 Å². The Hall–Kier alpha value is -2.14. The van der Waals surface area contributed by atoms with E-state index in [0.717, 1.165) is 15.4 Å². The van der Waals surface area contributed by atoms with Gasteiger partial charge in [-0.05, 0) is 30.0 Å². The molecule has 1 saturated heterocycles. The van der Waals surface area contributed by atoms with Crippen LogP contribution in [-0.4, -0.2) is 25.2 Å². The third kappa shape index (κ3) is 1.93. The normalized spacial score (nSPS) is 27.2. The number of carbonyl (C=O) groups is 1. The molecule has 2 aromatic carbocycles. The van der Waals surface area contributed by atoms with Gasteiger partial charge in [0, 0.05) is 12.5 Å². The number of rotatable bonds is 3. The Morgan fingerprint density at radius 1 is 1.00 bits per heavy atom. The van der Waals surface area contributed by atoms with Gasteiger partial charge < -0.3 is 0 Å². The second-order valence-corrected chi connectivity index (χ2v) is 9.46. The predicted octanol–water partition coefficient (Wildman–Crippen LogP) is 3.12. The van der Waals surface area contributed by atoms with Gasteiger partial charge in [0.2, 0.25) is 5.91 Å². The predicted molar refractivity (Wildman–Crippen MR) is 95.5 cm³/mol. The van der Waals surface area contributed by atoms with E-state index in [4.69, 9.17) is 0 Å². The summed E-state index contributed by atoms with van der Waals surface area (Å²) in [6.07, 6.45) is 0. The van der Waals surface area contributed by atoms with Crippen LogP contribution < -0.4 is 0 Å². The van der Waals surface area contributed by atoms with Crippen LogP contribution in [0.4, 0.5) is 0 Å². The van der Waals surface area contributed by atoms with E-state index in [0.29, 0.717) is 0 Å². The van der Waals surface area contributed by atoms with Gasteiger partial charge in [-0.1, -0.05) is 61.9 Å². The summed E-state index contributed by atoms with van der Waals surface area (Å²) in [4.78, 5) is 13.5. The van der Waals surface area contributed by atoms with E-state index in [1.165, 1.54) is 0 Å². The molecule has 1 saturated carbocycles. The van der Waals surface area contributed by atoms with Crippen LogP contribution >= 0.6 is 0 Å². The minimum Gasteiger partial charge on any atom is -0.273 e. The number of fused-ring (bicyclic) bond motifs is 1. The van der Waals surface area contributed by atoms with Crippen molar-refractivity contribution in [3.63, 3.8) is 0 Å². The minimum atomic E-state index is -3.82. The van der Waals surface area contributed by atoms with Gasteiger partial charge in [0.05, 0.1) is 10.3 Å². The van der Waals surface area contributed by atoms with E-state index in [9.17, 15) is 13.2 Å². The van der Waals surface area contributed by atoms with Crippen molar-refractivity contribution in [1.82, 2.24) is 4.31 Å². The maximum absolute atomic E-state index is 13.3. The second kappa shape index (κ2) is 4.94. The molecule has 1 aliphatic heterocycles. The van der Waals surface area contributed by atoms with Crippen LogP contribution in [0.15, 0.2) is 59.5 Å². The summed E-state index contributed by atoms with van der Waals surface area (Å²) in [5, 5.41) is 0. The number of hydrogen-bond acceptors (Lipinski definition) is 3. The fraction of sp³-hybridized carbons (Fsp3) is 0.350. The molecule has 2 aliphatic rings. The summed E-state index contributed by atoms with van der Waals surface area (Å²) >= 11 is 0. The van der Waals surface area contributed by atoms with Crippen molar-refractivity contribution in [3.8, 4) is 0 Å². The smallest absolute Gasteiger partial charge is 0.266 e. The second-order valence-electron chi connectivity index (χ2n) is 7.60. The van der Waals surface area contributed by atoms with Crippen LogP contribution in [0.2, 0.25) is 0 Å². The lowest BCUT2D eigenvalue weighted by molar-refractivity contribution is -0.128. The SMILES string of the molecule is Cc1ccc(S(=O)(=O)N2CC3C(C)(C)C3(c3ccccc3)C2=O)cc1. The Morgan fingerprint density at radius 2 is 1.60 bits per heavy atom. The fourth-order valence-corrected chi connectivity index (χ4v) is 5.99. The Balaban J connectivity index is 1.77. The molecule has 2 atom stereocenters. The summed E-state index contributed by atoms with van der Waals surface area (Å²) in [6, 6.07) is 16.2. The zero-order valence-corrected chi connectivity index (χ0v) is 15.4. The van der Waals surface area contributed by atoms with E-state index in [1.807, 2.05) is 37.3 Å². The van der Waals surface area contributed by atoms with Crippen molar-refractivity contribution in [2.75, 3.05) is 6.54 Å². The summed E-state index contributed by atoms with van der Waals surface area (Å²) in [5.41, 5.74) is 0.935. The molecule has 0 bridgehead atoms. The molecule has 0 spiro atoms. The summed E-state index contributed by atoms with van der Waals surface area (Å²) in [5.74, 6) is -0.288. The largest absolute Gasteiger partial charge is 0.273 e. The molecule has 4 rings (SSSR count). The van der Waals surface area contributed by atoms with Crippen LogP contribution in [0, 0.1) is 18.3 Å².